The number of imide groups is 1. The standard InChI is InChI=1S/C27H23BrN6O5/c1-17-13-19(7-8-24(17)30-31-25-18(16-29)14-20(34(37)38)15-23(25)28)32(11-12-39-2)9-10-33-26(35)21-5-3-4-6-22(21)27(33)36/h3-8,13-15H,9-12H2,1-2H3. The number of ether oxygens (including phenoxy) is 1. The van der Waals surface area contributed by atoms with Gasteiger partial charge in [0, 0.05) is 44.6 Å². The molecule has 0 fully saturated rings. The van der Waals surface area contributed by atoms with E-state index in [1.165, 1.54) is 11.0 Å². The van der Waals surface area contributed by atoms with E-state index in [0.717, 1.165) is 17.3 Å². The van der Waals surface area contributed by atoms with Crippen LogP contribution in [-0.2, 0) is 4.74 Å². The van der Waals surface area contributed by atoms with E-state index in [0.29, 0.717) is 36.5 Å². The molecule has 0 atom stereocenters. The summed E-state index contributed by atoms with van der Waals surface area (Å²) in [5.74, 6) is -0.605. The van der Waals surface area contributed by atoms with Gasteiger partial charge >= 0.3 is 0 Å². The van der Waals surface area contributed by atoms with Crippen molar-refractivity contribution >= 4 is 50.5 Å². The average molecular weight is 591 g/mol. The van der Waals surface area contributed by atoms with Crippen molar-refractivity contribution in [2.24, 2.45) is 10.2 Å². The molecule has 0 N–H and O–H groups in total. The van der Waals surface area contributed by atoms with Crippen LogP contribution in [0, 0.1) is 28.4 Å². The van der Waals surface area contributed by atoms with Crippen LogP contribution in [0.5, 0.6) is 0 Å². The summed E-state index contributed by atoms with van der Waals surface area (Å²) < 4.78 is 5.54. The molecule has 0 saturated heterocycles. The lowest BCUT2D eigenvalue weighted by molar-refractivity contribution is -0.384. The average Bonchev–Trinajstić information content (AvgIpc) is 3.17. The summed E-state index contributed by atoms with van der Waals surface area (Å²) in [6, 6.07) is 16.6. The zero-order chi connectivity index (χ0) is 28.1. The van der Waals surface area contributed by atoms with Gasteiger partial charge in [0.05, 0.1) is 38.4 Å². The number of hydrogen-bond donors (Lipinski definition) is 0. The summed E-state index contributed by atoms with van der Waals surface area (Å²) in [5, 5.41) is 29.0. The summed E-state index contributed by atoms with van der Waals surface area (Å²) in [5.41, 5.74) is 2.98. The van der Waals surface area contributed by atoms with Crippen LogP contribution in [0.2, 0.25) is 0 Å². The van der Waals surface area contributed by atoms with E-state index in [9.17, 15) is 25.0 Å². The van der Waals surface area contributed by atoms with Crippen LogP contribution in [0.1, 0.15) is 31.8 Å². The first-order valence-corrected chi connectivity index (χ1v) is 12.6. The number of benzene rings is 3. The fraction of sp³-hybridized carbons (Fsp3) is 0.222. The second-order valence-electron chi connectivity index (χ2n) is 8.65. The molecule has 1 aliphatic heterocycles. The minimum atomic E-state index is -0.584. The van der Waals surface area contributed by atoms with Gasteiger partial charge in [0.25, 0.3) is 17.5 Å². The third-order valence-electron chi connectivity index (χ3n) is 6.22. The maximum atomic E-state index is 12.8. The molecule has 0 bridgehead atoms. The SMILES string of the molecule is COCCN(CCN1C(=O)c2ccccc2C1=O)c1ccc(N=Nc2c(Br)cc([N+](=O)[O-])cc2C#N)c(C)c1. The summed E-state index contributed by atoms with van der Waals surface area (Å²) >= 11 is 3.24. The van der Waals surface area contributed by atoms with Crippen molar-refractivity contribution < 1.29 is 19.2 Å². The molecule has 0 aromatic heterocycles. The number of carbonyl (C=O) groups is 2. The summed E-state index contributed by atoms with van der Waals surface area (Å²) in [7, 11) is 1.60. The predicted molar refractivity (Wildman–Crippen MR) is 147 cm³/mol. The summed E-state index contributed by atoms with van der Waals surface area (Å²) in [6.07, 6.45) is 0. The van der Waals surface area contributed by atoms with E-state index < -0.39 is 4.92 Å². The van der Waals surface area contributed by atoms with Crippen LogP contribution < -0.4 is 4.90 Å². The highest BCUT2D eigenvalue weighted by atomic mass is 79.9. The molecule has 3 aromatic carbocycles. The van der Waals surface area contributed by atoms with E-state index in [2.05, 4.69) is 26.2 Å². The van der Waals surface area contributed by atoms with Gasteiger partial charge in [0.1, 0.15) is 11.8 Å². The number of halogens is 1. The molecule has 2 amide bonds. The van der Waals surface area contributed by atoms with Crippen LogP contribution in [-0.4, -0.2) is 55.0 Å². The normalized spacial score (nSPS) is 12.6. The Kier molecular flexibility index (Phi) is 8.43. The largest absolute Gasteiger partial charge is 0.383 e. The Bertz CT molecular complexity index is 1500. The number of carbonyl (C=O) groups excluding carboxylic acids is 2. The molecular formula is C27H23BrN6O5. The fourth-order valence-corrected chi connectivity index (χ4v) is 4.69. The fourth-order valence-electron chi connectivity index (χ4n) is 4.16. The third-order valence-corrected chi connectivity index (χ3v) is 6.82. The number of anilines is 1. The summed E-state index contributed by atoms with van der Waals surface area (Å²) in [6.45, 7) is 3.43. The Morgan fingerprint density at radius 2 is 1.77 bits per heavy atom. The number of amides is 2. The van der Waals surface area contributed by atoms with Gasteiger partial charge in [-0.3, -0.25) is 24.6 Å². The lowest BCUT2D eigenvalue weighted by Gasteiger charge is -2.27. The second kappa shape index (κ2) is 11.9. The van der Waals surface area contributed by atoms with E-state index in [4.69, 9.17) is 4.74 Å². The molecule has 1 aliphatic rings. The Balaban J connectivity index is 1.53. The predicted octanol–water partition coefficient (Wildman–Crippen LogP) is 5.70. The van der Waals surface area contributed by atoms with Crippen LogP contribution in [0.4, 0.5) is 22.7 Å². The first kappa shape index (κ1) is 27.6. The van der Waals surface area contributed by atoms with E-state index >= 15 is 0 Å². The highest BCUT2D eigenvalue weighted by Gasteiger charge is 2.35. The van der Waals surface area contributed by atoms with Gasteiger partial charge < -0.3 is 9.64 Å². The van der Waals surface area contributed by atoms with E-state index in [1.807, 2.05) is 30.0 Å². The number of hydrogen-bond acceptors (Lipinski definition) is 9. The van der Waals surface area contributed by atoms with Crippen molar-refractivity contribution in [2.45, 2.75) is 6.92 Å². The van der Waals surface area contributed by atoms with Crippen molar-refractivity contribution in [3.63, 3.8) is 0 Å². The monoisotopic (exact) mass is 590 g/mol. The topological polar surface area (TPSA) is 142 Å². The molecule has 1 heterocycles. The number of fused-ring (bicyclic) bond motifs is 1. The molecule has 11 nitrogen and oxygen atoms in total. The zero-order valence-electron chi connectivity index (χ0n) is 21.1. The van der Waals surface area contributed by atoms with E-state index in [-0.39, 0.29) is 39.8 Å². The Morgan fingerprint density at radius 3 is 2.36 bits per heavy atom. The van der Waals surface area contributed by atoms with Crippen molar-refractivity contribution in [3.05, 3.63) is 91.4 Å². The highest BCUT2D eigenvalue weighted by molar-refractivity contribution is 9.10. The number of nitro groups is 1. The second-order valence-corrected chi connectivity index (χ2v) is 9.51. The van der Waals surface area contributed by atoms with E-state index in [1.54, 1.807) is 37.4 Å². The highest BCUT2D eigenvalue weighted by Crippen LogP contribution is 2.35. The minimum absolute atomic E-state index is 0.0213. The number of azo groups is 1. The molecule has 39 heavy (non-hydrogen) atoms. The van der Waals surface area contributed by atoms with Gasteiger partial charge in [-0.1, -0.05) is 12.1 Å². The smallest absolute Gasteiger partial charge is 0.272 e. The van der Waals surface area contributed by atoms with Gasteiger partial charge in [-0.2, -0.15) is 10.4 Å². The zero-order valence-corrected chi connectivity index (χ0v) is 22.7. The number of nitro benzene ring substituents is 1. The first-order valence-electron chi connectivity index (χ1n) is 11.8. The number of non-ortho nitro benzene ring substituents is 1. The summed E-state index contributed by atoms with van der Waals surface area (Å²) in [4.78, 5) is 39.3. The van der Waals surface area contributed by atoms with Crippen LogP contribution >= 0.6 is 15.9 Å². The van der Waals surface area contributed by atoms with Crippen molar-refractivity contribution in [1.29, 1.82) is 5.26 Å². The number of nitriles is 1. The molecular weight excluding hydrogens is 568 g/mol. The number of rotatable bonds is 10. The van der Waals surface area contributed by atoms with Gasteiger partial charge in [-0.25, -0.2) is 0 Å². The van der Waals surface area contributed by atoms with Crippen molar-refractivity contribution in [3.8, 4) is 6.07 Å². The molecule has 0 saturated carbocycles. The molecule has 3 aromatic rings. The van der Waals surface area contributed by atoms with Crippen LogP contribution in [0.25, 0.3) is 0 Å². The van der Waals surface area contributed by atoms with Crippen molar-refractivity contribution in [2.75, 3.05) is 38.3 Å². The number of methoxy groups -OCH3 is 1. The first-order chi connectivity index (χ1) is 18.7. The van der Waals surface area contributed by atoms with Gasteiger partial charge in [-0.15, -0.1) is 5.11 Å². The van der Waals surface area contributed by atoms with Crippen molar-refractivity contribution in [1.82, 2.24) is 4.90 Å². The van der Waals surface area contributed by atoms with Crippen LogP contribution in [0.15, 0.2) is 69.3 Å². The lowest BCUT2D eigenvalue weighted by Crippen LogP contribution is -2.39. The van der Waals surface area contributed by atoms with Gasteiger partial charge in [0.15, 0.2) is 0 Å². The van der Waals surface area contributed by atoms with Crippen LogP contribution in [0.3, 0.4) is 0 Å². The maximum absolute atomic E-state index is 12.8. The molecule has 0 unspecified atom stereocenters. The number of aryl methyl sites for hydroxylation is 1. The Hall–Kier alpha value is -4.47. The molecule has 4 rings (SSSR count). The quantitative estimate of drug-likeness (QED) is 0.127. The lowest BCUT2D eigenvalue weighted by atomic mass is 10.1. The molecule has 12 heteroatoms. The third kappa shape index (κ3) is 5.84. The molecule has 0 radical (unpaired) electrons. The molecule has 0 spiro atoms. The molecule has 198 valence electrons. The Labute approximate surface area is 232 Å². The van der Waals surface area contributed by atoms with Gasteiger partial charge in [-0.05, 0) is 58.7 Å². The van der Waals surface area contributed by atoms with Gasteiger partial charge in [0.2, 0.25) is 0 Å². The molecule has 0 aliphatic carbocycles. The number of nitrogens with zero attached hydrogens (tertiary/aromatic N) is 6. The Morgan fingerprint density at radius 1 is 1.08 bits per heavy atom. The maximum Gasteiger partial charge on any atom is 0.272 e. The minimum Gasteiger partial charge on any atom is -0.383 e.